The van der Waals surface area contributed by atoms with Gasteiger partial charge in [0, 0.05) is 32.7 Å². The first-order valence-electron chi connectivity index (χ1n) is 4.46. The van der Waals surface area contributed by atoms with Crippen LogP contribution in [0.25, 0.3) is 0 Å². The van der Waals surface area contributed by atoms with Gasteiger partial charge in [0.05, 0.1) is 0 Å². The molecule has 0 saturated heterocycles. The monoisotopic (exact) mass is 278 g/mol. The van der Waals surface area contributed by atoms with E-state index in [9.17, 15) is 0 Å². The zero-order valence-electron chi connectivity index (χ0n) is 8.81. The topological polar surface area (TPSA) is 0 Å². The Hall–Kier alpha value is 1.02. The molecule has 0 aliphatic rings. The summed E-state index contributed by atoms with van der Waals surface area (Å²) < 4.78 is 0. The molecular formula is C9H22SiSn. The number of hydrogen-bond acceptors (Lipinski definition) is 0. The molecule has 4 radical (unpaired) electrons. The van der Waals surface area contributed by atoms with Crippen LogP contribution in [0.1, 0.15) is 41.5 Å². The first-order chi connectivity index (χ1) is 4.46. The van der Waals surface area contributed by atoms with Crippen molar-refractivity contribution in [2.24, 2.45) is 0 Å². The average molecular weight is 277 g/mol. The molecule has 0 aromatic rings. The molecule has 0 fully saturated rings. The minimum atomic E-state index is -0.454. The van der Waals surface area contributed by atoms with Crippen molar-refractivity contribution in [3.05, 3.63) is 0 Å². The molecule has 0 aliphatic carbocycles. The molecule has 0 saturated carbocycles. The summed E-state index contributed by atoms with van der Waals surface area (Å²) in [5.74, 6) is 0. The Morgan fingerprint density at radius 3 is 0.818 bits per heavy atom. The van der Waals surface area contributed by atoms with Crippen molar-refractivity contribution in [1.82, 2.24) is 0 Å². The van der Waals surface area contributed by atoms with E-state index in [-0.39, 0.29) is 23.9 Å². The first-order valence-corrected chi connectivity index (χ1v) is 6.46. The summed E-state index contributed by atoms with van der Waals surface area (Å²) in [7, 11) is -0.454. The van der Waals surface area contributed by atoms with Gasteiger partial charge in [-0.1, -0.05) is 58.2 Å². The molecule has 0 unspecified atom stereocenters. The Morgan fingerprint density at radius 1 is 0.636 bits per heavy atom. The van der Waals surface area contributed by atoms with E-state index in [1.807, 2.05) is 0 Å². The molecule has 11 heavy (non-hydrogen) atoms. The predicted molar refractivity (Wildman–Crippen MR) is 58.2 cm³/mol. The van der Waals surface area contributed by atoms with Crippen molar-refractivity contribution >= 4 is 32.7 Å². The van der Waals surface area contributed by atoms with Crippen LogP contribution in [0.15, 0.2) is 0 Å². The quantitative estimate of drug-likeness (QED) is 0.695. The summed E-state index contributed by atoms with van der Waals surface area (Å²) >= 11 is 0. The smallest absolute Gasteiger partial charge is 0.0445 e. The third kappa shape index (κ3) is 5.29. The molecule has 0 spiro atoms. The van der Waals surface area contributed by atoms with Crippen molar-refractivity contribution < 1.29 is 0 Å². The average Bonchev–Trinajstić information content (AvgIpc) is 1.59. The van der Waals surface area contributed by atoms with Crippen molar-refractivity contribution in [2.45, 2.75) is 58.2 Å². The Kier molecular flexibility index (Phi) is 8.62. The van der Waals surface area contributed by atoms with E-state index in [4.69, 9.17) is 0 Å². The SMILES string of the molecule is CC(C)[SiH](C(C)C)C(C)C.[Sn]. The van der Waals surface area contributed by atoms with E-state index >= 15 is 0 Å². The van der Waals surface area contributed by atoms with Gasteiger partial charge in [-0.2, -0.15) is 0 Å². The van der Waals surface area contributed by atoms with Gasteiger partial charge in [-0.15, -0.1) is 0 Å². The Bertz CT molecular complexity index is 70.5. The maximum atomic E-state index is 2.39. The van der Waals surface area contributed by atoms with Gasteiger partial charge in [0.15, 0.2) is 0 Å². The molecule has 0 nitrogen and oxygen atoms in total. The molecule has 0 atom stereocenters. The van der Waals surface area contributed by atoms with Crippen molar-refractivity contribution in [3.8, 4) is 0 Å². The van der Waals surface area contributed by atoms with Gasteiger partial charge in [-0.25, -0.2) is 0 Å². The first kappa shape index (κ1) is 14.5. The maximum absolute atomic E-state index is 2.39. The summed E-state index contributed by atoms with van der Waals surface area (Å²) in [4.78, 5) is 0. The predicted octanol–water partition coefficient (Wildman–Crippen LogP) is 3.06. The van der Waals surface area contributed by atoms with E-state index in [0.29, 0.717) is 0 Å². The second kappa shape index (κ2) is 6.52. The van der Waals surface area contributed by atoms with E-state index < -0.39 is 8.80 Å². The minimum absolute atomic E-state index is 0. The van der Waals surface area contributed by atoms with Crippen LogP contribution in [0.2, 0.25) is 16.6 Å². The van der Waals surface area contributed by atoms with Crippen LogP contribution < -0.4 is 0 Å². The molecule has 0 bridgehead atoms. The second-order valence-electron chi connectivity index (χ2n) is 4.31. The molecule has 0 heterocycles. The van der Waals surface area contributed by atoms with Gasteiger partial charge in [-0.3, -0.25) is 0 Å². The van der Waals surface area contributed by atoms with Gasteiger partial charge < -0.3 is 0 Å². The van der Waals surface area contributed by atoms with Gasteiger partial charge >= 0.3 is 0 Å². The zero-order valence-corrected chi connectivity index (χ0v) is 12.8. The van der Waals surface area contributed by atoms with Crippen LogP contribution in [0.4, 0.5) is 0 Å². The van der Waals surface area contributed by atoms with Crippen LogP contribution in [0.3, 0.4) is 0 Å². The van der Waals surface area contributed by atoms with Gasteiger partial charge in [0.2, 0.25) is 0 Å². The maximum Gasteiger partial charge on any atom is 0.0445 e. The van der Waals surface area contributed by atoms with Crippen LogP contribution in [0, 0.1) is 0 Å². The van der Waals surface area contributed by atoms with Crippen LogP contribution in [-0.4, -0.2) is 32.7 Å². The molecule has 2 heteroatoms. The summed E-state index contributed by atoms with van der Waals surface area (Å²) in [6, 6.07) is 0. The molecule has 0 amide bonds. The Morgan fingerprint density at radius 2 is 0.818 bits per heavy atom. The molecule has 0 N–H and O–H groups in total. The van der Waals surface area contributed by atoms with E-state index in [2.05, 4.69) is 41.5 Å². The fourth-order valence-corrected chi connectivity index (χ4v) is 6.93. The van der Waals surface area contributed by atoms with Crippen LogP contribution in [-0.2, 0) is 0 Å². The molecular weight excluding hydrogens is 255 g/mol. The van der Waals surface area contributed by atoms with Gasteiger partial charge in [-0.05, 0) is 0 Å². The number of rotatable bonds is 3. The second-order valence-corrected chi connectivity index (χ2v) is 9.46. The third-order valence-electron chi connectivity index (χ3n) is 2.31. The van der Waals surface area contributed by atoms with Crippen molar-refractivity contribution in [1.29, 1.82) is 0 Å². The molecule has 0 aliphatic heterocycles. The Balaban J connectivity index is 0. The third-order valence-corrected chi connectivity index (χ3v) is 6.93. The molecule has 0 rings (SSSR count). The van der Waals surface area contributed by atoms with E-state index in [1.165, 1.54) is 0 Å². The van der Waals surface area contributed by atoms with Crippen molar-refractivity contribution in [3.63, 3.8) is 0 Å². The van der Waals surface area contributed by atoms with E-state index in [1.54, 1.807) is 0 Å². The standard InChI is InChI=1S/C9H22Si.Sn/c1-7(2)10(8(3)4)9(5)6;/h7-10H,1-6H3;. The minimum Gasteiger partial charge on any atom is -0.0654 e. The zero-order chi connectivity index (χ0) is 8.31. The van der Waals surface area contributed by atoms with Crippen LogP contribution in [0.5, 0.6) is 0 Å². The van der Waals surface area contributed by atoms with Gasteiger partial charge in [0.25, 0.3) is 0 Å². The largest absolute Gasteiger partial charge is 0.0654 e. The summed E-state index contributed by atoms with van der Waals surface area (Å²) in [6.45, 7) is 14.3. The summed E-state index contributed by atoms with van der Waals surface area (Å²) in [5, 5.41) is 0. The van der Waals surface area contributed by atoms with Gasteiger partial charge in [0.1, 0.15) is 0 Å². The normalized spacial score (nSPS) is 11.5. The summed E-state index contributed by atoms with van der Waals surface area (Å²) in [6.07, 6.45) is 0. The molecule has 0 aromatic carbocycles. The molecule has 0 aromatic heterocycles. The van der Waals surface area contributed by atoms with Crippen molar-refractivity contribution in [2.75, 3.05) is 0 Å². The molecule has 66 valence electrons. The summed E-state index contributed by atoms with van der Waals surface area (Å²) in [5.41, 5.74) is 2.92. The van der Waals surface area contributed by atoms with Crippen LogP contribution >= 0.6 is 0 Å². The van der Waals surface area contributed by atoms with E-state index in [0.717, 1.165) is 16.6 Å². The fourth-order valence-electron chi connectivity index (χ4n) is 2.31. The fraction of sp³-hybridized carbons (Fsp3) is 1.00. The number of hydrogen-bond donors (Lipinski definition) is 0. The Labute approximate surface area is 90.7 Å².